The Morgan fingerprint density at radius 3 is 1.38 bits per heavy atom. The molecule has 0 unspecified atom stereocenters. The Hall–Kier alpha value is -6.65. The van der Waals surface area contributed by atoms with Gasteiger partial charge in [-0.1, -0.05) is 146 Å². The normalized spacial score (nSPS) is 13.0. The number of hydrogen-bond donors (Lipinski definition) is 1. The van der Waals surface area contributed by atoms with E-state index in [-0.39, 0.29) is 0 Å². The molecule has 2 aliphatic carbocycles. The molecule has 1 spiro atoms. The summed E-state index contributed by atoms with van der Waals surface area (Å²) in [5.41, 5.74) is 22.0. The lowest BCUT2D eigenvalue weighted by Gasteiger charge is -2.30. The smallest absolute Gasteiger partial charge is 0.164 e. The largest absolute Gasteiger partial charge is 0.399 e. The van der Waals surface area contributed by atoms with Crippen LogP contribution in [0.1, 0.15) is 22.3 Å². The fourth-order valence-corrected chi connectivity index (χ4v) is 8.12. The van der Waals surface area contributed by atoms with Gasteiger partial charge in [-0.3, -0.25) is 0 Å². The minimum atomic E-state index is -0.404. The first-order valence-electron chi connectivity index (χ1n) is 16.9. The Labute approximate surface area is 290 Å². The van der Waals surface area contributed by atoms with E-state index in [1.807, 2.05) is 66.7 Å². The number of nitrogens with two attached hydrogens (primary N) is 1. The van der Waals surface area contributed by atoms with Gasteiger partial charge in [0.25, 0.3) is 0 Å². The molecular formula is C46H30N4. The van der Waals surface area contributed by atoms with Crippen molar-refractivity contribution in [3.05, 3.63) is 192 Å². The molecule has 50 heavy (non-hydrogen) atoms. The quantitative estimate of drug-likeness (QED) is 0.195. The second-order valence-electron chi connectivity index (χ2n) is 13.0. The van der Waals surface area contributed by atoms with Crippen LogP contribution in [0.4, 0.5) is 5.69 Å². The van der Waals surface area contributed by atoms with Crippen LogP contribution in [0.5, 0.6) is 0 Å². The second-order valence-corrected chi connectivity index (χ2v) is 13.0. The number of aromatic nitrogens is 3. The van der Waals surface area contributed by atoms with Gasteiger partial charge >= 0.3 is 0 Å². The summed E-state index contributed by atoms with van der Waals surface area (Å²) < 4.78 is 0. The zero-order chi connectivity index (χ0) is 33.2. The maximum atomic E-state index is 6.49. The van der Waals surface area contributed by atoms with Gasteiger partial charge in [0.1, 0.15) is 0 Å². The molecule has 0 radical (unpaired) electrons. The molecule has 0 fully saturated rings. The van der Waals surface area contributed by atoms with Gasteiger partial charge < -0.3 is 5.73 Å². The minimum Gasteiger partial charge on any atom is -0.399 e. The molecule has 234 valence electrons. The molecule has 0 bridgehead atoms. The molecule has 0 saturated heterocycles. The van der Waals surface area contributed by atoms with Crippen LogP contribution in [0.25, 0.3) is 67.5 Å². The standard InChI is InChI=1S/C46H30N4/c47-34-23-25-42-38(28-34)37-27-32(22-24-41(37)46(42)39-20-9-7-18-35(39)36-19-8-10-21-40(36)46)31-16-11-17-33(26-31)45-49-43(29-12-3-1-4-13-29)48-44(50-45)30-14-5-2-6-15-30/h1-28H,47H2. The van der Waals surface area contributed by atoms with Crippen LogP contribution in [-0.4, -0.2) is 15.0 Å². The zero-order valence-electron chi connectivity index (χ0n) is 27.1. The lowest BCUT2D eigenvalue weighted by molar-refractivity contribution is 0.794. The SMILES string of the molecule is Nc1ccc2c(c1)-c1cc(-c3cccc(-c4nc(-c5ccccc5)nc(-c5ccccc5)n4)c3)ccc1C21c2ccccc2-c2ccccc21. The maximum Gasteiger partial charge on any atom is 0.164 e. The van der Waals surface area contributed by atoms with Crippen molar-refractivity contribution in [1.29, 1.82) is 0 Å². The average molecular weight is 639 g/mol. The van der Waals surface area contributed by atoms with E-state index in [2.05, 4.69) is 103 Å². The molecule has 4 heteroatoms. The maximum absolute atomic E-state index is 6.49. The molecule has 2 aliphatic rings. The Morgan fingerprint density at radius 2 is 0.760 bits per heavy atom. The number of benzene rings is 7. The van der Waals surface area contributed by atoms with Gasteiger partial charge in [-0.25, -0.2) is 15.0 Å². The van der Waals surface area contributed by atoms with Crippen LogP contribution in [0, 0.1) is 0 Å². The molecule has 2 N–H and O–H groups in total. The van der Waals surface area contributed by atoms with Gasteiger partial charge in [0.15, 0.2) is 17.5 Å². The number of hydrogen-bond acceptors (Lipinski definition) is 4. The molecule has 4 nitrogen and oxygen atoms in total. The highest BCUT2D eigenvalue weighted by Gasteiger charge is 2.51. The van der Waals surface area contributed by atoms with Crippen LogP contribution in [0.15, 0.2) is 170 Å². The third-order valence-electron chi connectivity index (χ3n) is 10.3. The molecule has 7 aromatic carbocycles. The lowest BCUT2D eigenvalue weighted by atomic mass is 9.70. The van der Waals surface area contributed by atoms with E-state index >= 15 is 0 Å². The van der Waals surface area contributed by atoms with Gasteiger partial charge in [0.2, 0.25) is 0 Å². The molecule has 1 aromatic heterocycles. The number of rotatable bonds is 4. The third kappa shape index (κ3) is 4.15. The fraction of sp³-hybridized carbons (Fsp3) is 0.0217. The summed E-state index contributed by atoms with van der Waals surface area (Å²) in [5.74, 6) is 1.93. The van der Waals surface area contributed by atoms with Crippen LogP contribution in [0.3, 0.4) is 0 Å². The summed E-state index contributed by atoms with van der Waals surface area (Å²) in [6.45, 7) is 0. The van der Waals surface area contributed by atoms with Gasteiger partial charge in [-0.15, -0.1) is 0 Å². The molecule has 10 rings (SSSR count). The van der Waals surface area contributed by atoms with E-state index in [1.165, 1.54) is 44.5 Å². The van der Waals surface area contributed by atoms with Crippen LogP contribution in [-0.2, 0) is 5.41 Å². The van der Waals surface area contributed by atoms with Crippen molar-refractivity contribution in [3.8, 4) is 67.5 Å². The van der Waals surface area contributed by atoms with E-state index in [9.17, 15) is 0 Å². The molecular weight excluding hydrogens is 609 g/mol. The van der Waals surface area contributed by atoms with Crippen molar-refractivity contribution in [2.24, 2.45) is 0 Å². The molecule has 0 atom stereocenters. The van der Waals surface area contributed by atoms with E-state index < -0.39 is 5.41 Å². The Morgan fingerprint density at radius 1 is 0.320 bits per heavy atom. The summed E-state index contributed by atoms with van der Waals surface area (Å²) in [6.07, 6.45) is 0. The Bertz CT molecular complexity index is 2510. The first kappa shape index (κ1) is 28.4. The van der Waals surface area contributed by atoms with Crippen LogP contribution >= 0.6 is 0 Å². The summed E-state index contributed by atoms with van der Waals surface area (Å²) in [6, 6.07) is 59.7. The van der Waals surface area contributed by atoms with Crippen molar-refractivity contribution in [3.63, 3.8) is 0 Å². The van der Waals surface area contributed by atoms with E-state index in [1.54, 1.807) is 0 Å². The molecule has 1 heterocycles. The zero-order valence-corrected chi connectivity index (χ0v) is 27.1. The van der Waals surface area contributed by atoms with Crippen LogP contribution in [0.2, 0.25) is 0 Å². The highest BCUT2D eigenvalue weighted by molar-refractivity contribution is 5.96. The van der Waals surface area contributed by atoms with E-state index in [0.29, 0.717) is 17.5 Å². The van der Waals surface area contributed by atoms with Gasteiger partial charge in [-0.05, 0) is 79.9 Å². The van der Waals surface area contributed by atoms with Crippen molar-refractivity contribution in [1.82, 2.24) is 15.0 Å². The summed E-state index contributed by atoms with van der Waals surface area (Å²) in [7, 11) is 0. The monoisotopic (exact) mass is 638 g/mol. The van der Waals surface area contributed by atoms with Gasteiger partial charge in [0, 0.05) is 22.4 Å². The number of nitrogens with zero attached hydrogens (tertiary/aromatic N) is 3. The second kappa shape index (κ2) is 10.9. The number of fused-ring (bicyclic) bond motifs is 10. The summed E-state index contributed by atoms with van der Waals surface area (Å²) in [4.78, 5) is 14.9. The average Bonchev–Trinajstić information content (AvgIpc) is 3.65. The third-order valence-corrected chi connectivity index (χ3v) is 10.3. The van der Waals surface area contributed by atoms with Crippen molar-refractivity contribution in [2.45, 2.75) is 5.41 Å². The van der Waals surface area contributed by atoms with E-state index in [0.717, 1.165) is 33.5 Å². The van der Waals surface area contributed by atoms with Crippen molar-refractivity contribution in [2.75, 3.05) is 5.73 Å². The first-order valence-corrected chi connectivity index (χ1v) is 16.9. The van der Waals surface area contributed by atoms with Crippen LogP contribution < -0.4 is 5.73 Å². The molecule has 0 aliphatic heterocycles. The topological polar surface area (TPSA) is 64.7 Å². The van der Waals surface area contributed by atoms with Gasteiger partial charge in [-0.2, -0.15) is 0 Å². The molecule has 8 aromatic rings. The van der Waals surface area contributed by atoms with E-state index in [4.69, 9.17) is 20.7 Å². The molecule has 0 amide bonds. The summed E-state index contributed by atoms with van der Waals surface area (Å²) >= 11 is 0. The van der Waals surface area contributed by atoms with Gasteiger partial charge in [0.05, 0.1) is 5.41 Å². The number of nitrogen functional groups attached to an aromatic ring is 1. The van der Waals surface area contributed by atoms with Crippen molar-refractivity contribution < 1.29 is 0 Å². The molecule has 0 saturated carbocycles. The lowest BCUT2D eigenvalue weighted by Crippen LogP contribution is -2.25. The number of anilines is 1. The summed E-state index contributed by atoms with van der Waals surface area (Å²) in [5, 5.41) is 0. The predicted molar refractivity (Wildman–Crippen MR) is 202 cm³/mol. The minimum absolute atomic E-state index is 0.404. The first-order chi connectivity index (χ1) is 24.7. The predicted octanol–water partition coefficient (Wildman–Crippen LogP) is 10.5. The fourth-order valence-electron chi connectivity index (χ4n) is 8.12. The van der Waals surface area contributed by atoms with Crippen molar-refractivity contribution >= 4 is 5.69 Å². The Kier molecular flexibility index (Phi) is 6.21. The highest BCUT2D eigenvalue weighted by atomic mass is 15.0. The Balaban J connectivity index is 1.14. The highest BCUT2D eigenvalue weighted by Crippen LogP contribution is 2.63.